The predicted octanol–water partition coefficient (Wildman–Crippen LogP) is 2.57. The van der Waals surface area contributed by atoms with Gasteiger partial charge in [0.2, 0.25) is 5.82 Å². The van der Waals surface area contributed by atoms with Crippen LogP contribution in [0.2, 0.25) is 0 Å². The number of aryl methyl sites for hydroxylation is 1. The highest BCUT2D eigenvalue weighted by Gasteiger charge is 2.35. The molecule has 1 amide bonds. The van der Waals surface area contributed by atoms with Crippen molar-refractivity contribution in [1.82, 2.24) is 24.7 Å². The highest BCUT2D eigenvalue weighted by Crippen LogP contribution is 2.33. The van der Waals surface area contributed by atoms with Crippen molar-refractivity contribution >= 4 is 11.6 Å². The number of hydrogen-bond donors (Lipinski definition) is 0. The normalized spacial score (nSPS) is 15.7. The zero-order valence-corrected chi connectivity index (χ0v) is 17.1. The number of rotatable bonds is 5. The summed E-state index contributed by atoms with van der Waals surface area (Å²) in [5, 5.41) is 9.66. The van der Waals surface area contributed by atoms with Gasteiger partial charge in [0.15, 0.2) is 5.82 Å². The minimum absolute atomic E-state index is 0.0698. The van der Waals surface area contributed by atoms with Gasteiger partial charge in [0, 0.05) is 18.8 Å². The van der Waals surface area contributed by atoms with Crippen molar-refractivity contribution in [2.24, 2.45) is 5.10 Å². The number of carbonyl (C=O) groups excluding carboxylic acids is 1. The summed E-state index contributed by atoms with van der Waals surface area (Å²) in [7, 11) is 0. The van der Waals surface area contributed by atoms with Crippen LogP contribution >= 0.6 is 0 Å². The first kappa shape index (κ1) is 19.6. The molecule has 3 aromatic heterocycles. The Morgan fingerprint density at radius 1 is 1.12 bits per heavy atom. The van der Waals surface area contributed by atoms with E-state index in [1.165, 1.54) is 17.4 Å². The van der Waals surface area contributed by atoms with Crippen molar-refractivity contribution in [3.05, 3.63) is 88.6 Å². The number of aromatic nitrogens is 4. The molecule has 5 rings (SSSR count). The molecule has 0 saturated carbocycles. The first-order valence-electron chi connectivity index (χ1n) is 9.94. The topological polar surface area (TPSA) is 120 Å². The summed E-state index contributed by atoms with van der Waals surface area (Å²) >= 11 is 0. The molecule has 10 heteroatoms. The standard InChI is InChI=1S/C22H18N6O4/c1-14-5-7-15(8-6-14)16-12-17(18-4-2-11-31-18)28(25-16)19(29)13-27-21(26-32-22(27)30)20-23-9-3-10-24-20/h2-11,17H,12-13H2,1H3. The van der Waals surface area contributed by atoms with E-state index in [-0.39, 0.29) is 18.2 Å². The first-order valence-corrected chi connectivity index (χ1v) is 9.94. The van der Waals surface area contributed by atoms with E-state index in [1.807, 2.05) is 31.2 Å². The molecule has 0 radical (unpaired) electrons. The van der Waals surface area contributed by atoms with Gasteiger partial charge in [0.05, 0.1) is 12.0 Å². The number of hydrazone groups is 1. The van der Waals surface area contributed by atoms with Gasteiger partial charge in [-0.25, -0.2) is 24.3 Å². The zero-order valence-electron chi connectivity index (χ0n) is 17.1. The number of furan rings is 1. The lowest BCUT2D eigenvalue weighted by Crippen LogP contribution is -2.33. The van der Waals surface area contributed by atoms with Crippen molar-refractivity contribution in [2.75, 3.05) is 0 Å². The number of nitrogens with zero attached hydrogens (tertiary/aromatic N) is 6. The van der Waals surface area contributed by atoms with Crippen LogP contribution < -0.4 is 5.76 Å². The summed E-state index contributed by atoms with van der Waals surface area (Å²) in [4.78, 5) is 33.7. The maximum Gasteiger partial charge on any atom is 0.442 e. The molecule has 4 heterocycles. The third kappa shape index (κ3) is 3.62. The molecule has 1 aromatic carbocycles. The van der Waals surface area contributed by atoms with Crippen LogP contribution in [0.3, 0.4) is 0 Å². The van der Waals surface area contributed by atoms with E-state index in [0.717, 1.165) is 21.4 Å². The van der Waals surface area contributed by atoms with E-state index in [4.69, 9.17) is 8.94 Å². The van der Waals surface area contributed by atoms with E-state index < -0.39 is 17.7 Å². The van der Waals surface area contributed by atoms with Gasteiger partial charge in [-0.2, -0.15) is 5.10 Å². The number of amides is 1. The summed E-state index contributed by atoms with van der Waals surface area (Å²) in [6.07, 6.45) is 5.06. The zero-order chi connectivity index (χ0) is 22.1. The molecule has 0 bridgehead atoms. The minimum Gasteiger partial charge on any atom is -0.467 e. The first-order chi connectivity index (χ1) is 15.6. The molecule has 160 valence electrons. The Kier molecular flexibility index (Phi) is 4.94. The Balaban J connectivity index is 1.48. The third-order valence-corrected chi connectivity index (χ3v) is 5.17. The molecule has 32 heavy (non-hydrogen) atoms. The van der Waals surface area contributed by atoms with Crippen LogP contribution in [-0.4, -0.2) is 36.3 Å². The van der Waals surface area contributed by atoms with Crippen molar-refractivity contribution in [3.8, 4) is 11.6 Å². The molecule has 1 aliphatic heterocycles. The summed E-state index contributed by atoms with van der Waals surface area (Å²) in [6.45, 7) is 1.67. The smallest absolute Gasteiger partial charge is 0.442 e. The van der Waals surface area contributed by atoms with Crippen molar-refractivity contribution in [2.45, 2.75) is 25.9 Å². The maximum atomic E-state index is 13.3. The van der Waals surface area contributed by atoms with Crippen LogP contribution in [-0.2, 0) is 11.3 Å². The quantitative estimate of drug-likeness (QED) is 0.477. The summed E-state index contributed by atoms with van der Waals surface area (Å²) in [5.74, 6) is -0.346. The number of benzene rings is 1. The van der Waals surface area contributed by atoms with Gasteiger partial charge in [-0.3, -0.25) is 9.32 Å². The van der Waals surface area contributed by atoms with Gasteiger partial charge in [0.1, 0.15) is 18.3 Å². The summed E-state index contributed by atoms with van der Waals surface area (Å²) < 4.78 is 11.4. The fourth-order valence-electron chi connectivity index (χ4n) is 3.55. The Labute approximate surface area is 181 Å². The lowest BCUT2D eigenvalue weighted by molar-refractivity contribution is -0.134. The van der Waals surface area contributed by atoms with Crippen molar-refractivity contribution in [1.29, 1.82) is 0 Å². The average Bonchev–Trinajstić information content (AvgIpc) is 3.55. The molecule has 1 unspecified atom stereocenters. The molecule has 0 saturated heterocycles. The Morgan fingerprint density at radius 3 is 2.62 bits per heavy atom. The summed E-state index contributed by atoms with van der Waals surface area (Å²) in [6, 6.07) is 12.7. The Morgan fingerprint density at radius 2 is 1.91 bits per heavy atom. The van der Waals surface area contributed by atoms with Crippen LogP contribution in [0.4, 0.5) is 0 Å². The number of hydrogen-bond acceptors (Lipinski definition) is 8. The molecule has 1 atom stereocenters. The van der Waals surface area contributed by atoms with E-state index in [1.54, 1.807) is 24.5 Å². The Hall–Kier alpha value is -4.34. The van der Waals surface area contributed by atoms with Gasteiger partial charge >= 0.3 is 5.76 Å². The van der Waals surface area contributed by atoms with Crippen molar-refractivity contribution < 1.29 is 13.7 Å². The second kappa shape index (κ2) is 8.06. The van der Waals surface area contributed by atoms with Gasteiger partial charge in [-0.1, -0.05) is 35.0 Å². The van der Waals surface area contributed by atoms with Gasteiger partial charge in [0.25, 0.3) is 5.91 Å². The van der Waals surface area contributed by atoms with Crippen LogP contribution in [0.1, 0.15) is 29.3 Å². The highest BCUT2D eigenvalue weighted by atomic mass is 16.5. The lowest BCUT2D eigenvalue weighted by atomic mass is 10.0. The fraction of sp³-hybridized carbons (Fsp3) is 0.182. The molecule has 0 spiro atoms. The van der Waals surface area contributed by atoms with Gasteiger partial charge < -0.3 is 4.42 Å². The maximum absolute atomic E-state index is 13.3. The second-order valence-corrected chi connectivity index (χ2v) is 7.32. The van der Waals surface area contributed by atoms with E-state index >= 15 is 0 Å². The SMILES string of the molecule is Cc1ccc(C2=NN(C(=O)Cn3c(-c4ncccn4)noc3=O)C(c3ccco3)C2)cc1. The van der Waals surface area contributed by atoms with Crippen LogP contribution in [0.5, 0.6) is 0 Å². The highest BCUT2D eigenvalue weighted by molar-refractivity contribution is 6.03. The molecule has 0 aliphatic carbocycles. The fourth-order valence-corrected chi connectivity index (χ4v) is 3.55. The number of carbonyl (C=O) groups is 1. The summed E-state index contributed by atoms with van der Waals surface area (Å²) in [5.41, 5.74) is 2.80. The average molecular weight is 430 g/mol. The third-order valence-electron chi connectivity index (χ3n) is 5.17. The van der Waals surface area contributed by atoms with E-state index in [0.29, 0.717) is 12.2 Å². The van der Waals surface area contributed by atoms with Crippen LogP contribution in [0.15, 0.2) is 80.0 Å². The minimum atomic E-state index is -0.780. The Bertz CT molecular complexity index is 1320. The molecular formula is C22H18N6O4. The van der Waals surface area contributed by atoms with Gasteiger partial charge in [-0.15, -0.1) is 0 Å². The largest absolute Gasteiger partial charge is 0.467 e. The van der Waals surface area contributed by atoms with Gasteiger partial charge in [-0.05, 0) is 30.7 Å². The molecular weight excluding hydrogens is 412 g/mol. The molecule has 4 aromatic rings. The molecule has 0 N–H and O–H groups in total. The molecule has 1 aliphatic rings. The van der Waals surface area contributed by atoms with Crippen LogP contribution in [0.25, 0.3) is 11.6 Å². The van der Waals surface area contributed by atoms with E-state index in [2.05, 4.69) is 20.2 Å². The monoisotopic (exact) mass is 430 g/mol. The van der Waals surface area contributed by atoms with Crippen molar-refractivity contribution in [3.63, 3.8) is 0 Å². The van der Waals surface area contributed by atoms with E-state index in [9.17, 15) is 9.59 Å². The van der Waals surface area contributed by atoms with Crippen LogP contribution in [0, 0.1) is 6.92 Å². The predicted molar refractivity (Wildman–Crippen MR) is 112 cm³/mol. The lowest BCUT2D eigenvalue weighted by Gasteiger charge is -2.19. The molecule has 10 nitrogen and oxygen atoms in total. The second-order valence-electron chi connectivity index (χ2n) is 7.32. The molecule has 0 fully saturated rings.